The molecule has 2 aromatic carbocycles. The number of anilines is 1. The maximum Gasteiger partial charge on any atom is 0.253 e. The topological polar surface area (TPSA) is 32.3 Å². The average molecular weight is 351 g/mol. The maximum atomic E-state index is 13.3. The fourth-order valence-electron chi connectivity index (χ4n) is 2.89. The number of hydrogen-bond acceptors (Lipinski definition) is 2. The van der Waals surface area contributed by atoms with Crippen LogP contribution in [0, 0.1) is 11.6 Å². The van der Waals surface area contributed by atoms with Crippen LogP contribution >= 0.6 is 11.6 Å². The van der Waals surface area contributed by atoms with Crippen LogP contribution in [0.1, 0.15) is 28.8 Å². The van der Waals surface area contributed by atoms with Crippen LogP contribution in [0.5, 0.6) is 0 Å². The quantitative estimate of drug-likeness (QED) is 0.840. The third-order valence-electron chi connectivity index (χ3n) is 4.13. The van der Waals surface area contributed by atoms with Crippen molar-refractivity contribution in [2.24, 2.45) is 0 Å². The van der Waals surface area contributed by atoms with Crippen LogP contribution in [-0.4, -0.2) is 19.0 Å². The van der Waals surface area contributed by atoms with Crippen molar-refractivity contribution in [1.82, 2.24) is 5.32 Å². The molecule has 2 aromatic rings. The molecule has 0 radical (unpaired) electrons. The van der Waals surface area contributed by atoms with Gasteiger partial charge in [0, 0.05) is 25.3 Å². The number of para-hydroxylation sites is 1. The summed E-state index contributed by atoms with van der Waals surface area (Å²) in [4.78, 5) is 14.5. The van der Waals surface area contributed by atoms with Gasteiger partial charge in [-0.3, -0.25) is 4.79 Å². The first-order chi connectivity index (χ1) is 11.6. The zero-order chi connectivity index (χ0) is 17.1. The molecule has 1 fully saturated rings. The highest BCUT2D eigenvalue weighted by Gasteiger charge is 2.17. The second-order valence-corrected chi connectivity index (χ2v) is 6.16. The second kappa shape index (κ2) is 7.18. The summed E-state index contributed by atoms with van der Waals surface area (Å²) in [7, 11) is 0. The number of nitrogens with zero attached hydrogens (tertiary/aromatic N) is 1. The molecule has 3 rings (SSSR count). The third kappa shape index (κ3) is 3.51. The van der Waals surface area contributed by atoms with Crippen LogP contribution in [0.3, 0.4) is 0 Å². The smallest absolute Gasteiger partial charge is 0.253 e. The minimum absolute atomic E-state index is 0.0748. The highest BCUT2D eigenvalue weighted by atomic mass is 35.5. The van der Waals surface area contributed by atoms with Crippen molar-refractivity contribution in [1.29, 1.82) is 0 Å². The normalized spacial score (nSPS) is 14.0. The van der Waals surface area contributed by atoms with Crippen molar-refractivity contribution in [3.8, 4) is 0 Å². The molecule has 0 saturated carbocycles. The van der Waals surface area contributed by atoms with Crippen LogP contribution in [0.4, 0.5) is 14.5 Å². The Balaban J connectivity index is 1.74. The summed E-state index contributed by atoms with van der Waals surface area (Å²) >= 11 is 5.84. The van der Waals surface area contributed by atoms with Crippen molar-refractivity contribution >= 4 is 23.2 Å². The van der Waals surface area contributed by atoms with E-state index in [-0.39, 0.29) is 10.6 Å². The molecule has 0 atom stereocenters. The molecule has 0 spiro atoms. The van der Waals surface area contributed by atoms with Gasteiger partial charge in [0.05, 0.1) is 10.6 Å². The first-order valence-corrected chi connectivity index (χ1v) is 8.19. The first-order valence-electron chi connectivity index (χ1n) is 7.82. The van der Waals surface area contributed by atoms with Gasteiger partial charge in [0.1, 0.15) is 0 Å². The molecule has 0 unspecified atom stereocenters. The number of rotatable bonds is 4. The van der Waals surface area contributed by atoms with E-state index >= 15 is 0 Å². The van der Waals surface area contributed by atoms with Gasteiger partial charge in [-0.05, 0) is 36.6 Å². The Morgan fingerprint density at radius 3 is 2.54 bits per heavy atom. The van der Waals surface area contributed by atoms with Gasteiger partial charge in [0.2, 0.25) is 0 Å². The van der Waals surface area contributed by atoms with E-state index in [0.29, 0.717) is 6.54 Å². The van der Waals surface area contributed by atoms with Gasteiger partial charge in [-0.15, -0.1) is 0 Å². The Hall–Kier alpha value is -2.14. The van der Waals surface area contributed by atoms with Crippen molar-refractivity contribution in [3.63, 3.8) is 0 Å². The monoisotopic (exact) mass is 350 g/mol. The lowest BCUT2D eigenvalue weighted by molar-refractivity contribution is 0.0950. The van der Waals surface area contributed by atoms with Crippen LogP contribution < -0.4 is 10.2 Å². The van der Waals surface area contributed by atoms with Crippen LogP contribution in [0.25, 0.3) is 0 Å². The molecule has 1 heterocycles. The largest absolute Gasteiger partial charge is 0.371 e. The van der Waals surface area contributed by atoms with E-state index in [1.54, 1.807) is 0 Å². The van der Waals surface area contributed by atoms with E-state index < -0.39 is 17.5 Å². The fraction of sp³-hybridized carbons (Fsp3) is 0.278. The molecular formula is C18H17ClF2N2O. The molecule has 24 heavy (non-hydrogen) atoms. The summed E-state index contributed by atoms with van der Waals surface area (Å²) < 4.78 is 26.4. The average Bonchev–Trinajstić information content (AvgIpc) is 3.10. The Labute approximate surface area is 144 Å². The standard InChI is InChI=1S/C18H17ClF2N2O/c19-14-10-16(21)15(20)9-13(14)18(24)22-11-12-5-1-2-6-17(12)23-7-3-4-8-23/h1-2,5-6,9-10H,3-4,7-8,11H2,(H,22,24). The number of carbonyl (C=O) groups is 1. The molecule has 1 N–H and O–H groups in total. The summed E-state index contributed by atoms with van der Waals surface area (Å²) in [6.07, 6.45) is 2.32. The van der Waals surface area contributed by atoms with Crippen molar-refractivity contribution < 1.29 is 13.6 Å². The number of amides is 1. The van der Waals surface area contributed by atoms with Gasteiger partial charge in [0.15, 0.2) is 11.6 Å². The van der Waals surface area contributed by atoms with E-state index in [4.69, 9.17) is 11.6 Å². The Bertz CT molecular complexity index is 761. The predicted octanol–water partition coefficient (Wildman–Crippen LogP) is 4.15. The van der Waals surface area contributed by atoms with E-state index in [1.807, 2.05) is 24.3 Å². The maximum absolute atomic E-state index is 13.3. The zero-order valence-electron chi connectivity index (χ0n) is 13.0. The van der Waals surface area contributed by atoms with Gasteiger partial charge in [-0.25, -0.2) is 8.78 Å². The van der Waals surface area contributed by atoms with E-state index in [1.165, 1.54) is 0 Å². The molecule has 1 aliphatic rings. The summed E-state index contributed by atoms with van der Waals surface area (Å²) in [5.74, 6) is -2.70. The second-order valence-electron chi connectivity index (χ2n) is 5.75. The van der Waals surface area contributed by atoms with Gasteiger partial charge in [-0.1, -0.05) is 29.8 Å². The SMILES string of the molecule is O=C(NCc1ccccc1N1CCCC1)c1cc(F)c(F)cc1Cl. The summed E-state index contributed by atoms with van der Waals surface area (Å²) in [5, 5.41) is 2.62. The molecular weight excluding hydrogens is 334 g/mol. The van der Waals surface area contributed by atoms with Gasteiger partial charge >= 0.3 is 0 Å². The van der Waals surface area contributed by atoms with E-state index in [9.17, 15) is 13.6 Å². The summed E-state index contributed by atoms with van der Waals surface area (Å²) in [6, 6.07) is 9.47. The number of benzene rings is 2. The van der Waals surface area contributed by atoms with Crippen molar-refractivity contribution in [2.75, 3.05) is 18.0 Å². The molecule has 1 aliphatic heterocycles. The molecule has 0 bridgehead atoms. The number of halogens is 3. The van der Waals surface area contributed by atoms with Crippen molar-refractivity contribution in [2.45, 2.75) is 19.4 Å². The lowest BCUT2D eigenvalue weighted by Gasteiger charge is -2.21. The molecule has 1 saturated heterocycles. The highest BCUT2D eigenvalue weighted by Crippen LogP contribution is 2.25. The molecule has 6 heteroatoms. The molecule has 0 aliphatic carbocycles. The highest BCUT2D eigenvalue weighted by molar-refractivity contribution is 6.33. The lowest BCUT2D eigenvalue weighted by Crippen LogP contribution is -2.26. The van der Waals surface area contributed by atoms with Gasteiger partial charge in [-0.2, -0.15) is 0 Å². The zero-order valence-corrected chi connectivity index (χ0v) is 13.7. The lowest BCUT2D eigenvalue weighted by atomic mass is 10.1. The first kappa shape index (κ1) is 16.7. The number of nitrogens with one attached hydrogen (secondary N) is 1. The minimum Gasteiger partial charge on any atom is -0.371 e. The predicted molar refractivity (Wildman–Crippen MR) is 90.4 cm³/mol. The van der Waals surface area contributed by atoms with Crippen LogP contribution in [0.2, 0.25) is 5.02 Å². The fourth-order valence-corrected chi connectivity index (χ4v) is 3.13. The molecule has 3 nitrogen and oxygen atoms in total. The third-order valence-corrected chi connectivity index (χ3v) is 4.45. The molecule has 1 amide bonds. The number of hydrogen-bond donors (Lipinski definition) is 1. The van der Waals surface area contributed by atoms with Gasteiger partial charge < -0.3 is 10.2 Å². The Kier molecular flexibility index (Phi) is 5.00. The number of carbonyl (C=O) groups excluding carboxylic acids is 1. The molecule has 126 valence electrons. The minimum atomic E-state index is -1.10. The summed E-state index contributed by atoms with van der Waals surface area (Å²) in [6.45, 7) is 2.29. The van der Waals surface area contributed by atoms with E-state index in [0.717, 1.165) is 49.3 Å². The van der Waals surface area contributed by atoms with Gasteiger partial charge in [0.25, 0.3) is 5.91 Å². The summed E-state index contributed by atoms with van der Waals surface area (Å²) in [5.41, 5.74) is 1.99. The van der Waals surface area contributed by atoms with Crippen LogP contribution in [-0.2, 0) is 6.54 Å². The van der Waals surface area contributed by atoms with Crippen LogP contribution in [0.15, 0.2) is 36.4 Å². The van der Waals surface area contributed by atoms with Crippen molar-refractivity contribution in [3.05, 3.63) is 64.2 Å². The van der Waals surface area contributed by atoms with E-state index in [2.05, 4.69) is 10.2 Å². The Morgan fingerprint density at radius 2 is 1.79 bits per heavy atom. The Morgan fingerprint density at radius 1 is 1.12 bits per heavy atom. The molecule has 0 aromatic heterocycles.